The fourth-order valence-corrected chi connectivity index (χ4v) is 0.577. The molecule has 8 heavy (non-hydrogen) atoms. The summed E-state index contributed by atoms with van der Waals surface area (Å²) in [6, 6.07) is 0. The van der Waals surface area contributed by atoms with Gasteiger partial charge in [0.2, 0.25) is 0 Å². The Morgan fingerprint density at radius 3 is 2.38 bits per heavy atom. The third-order valence-corrected chi connectivity index (χ3v) is 1.12. The van der Waals surface area contributed by atoms with E-state index in [-0.39, 0.29) is 0 Å². The number of alkyl halides is 2. The highest BCUT2D eigenvalue weighted by Gasteiger charge is 2.03. The molecule has 0 rings (SSSR count). The van der Waals surface area contributed by atoms with Gasteiger partial charge in [-0.2, -0.15) is 0 Å². The summed E-state index contributed by atoms with van der Waals surface area (Å²) in [7, 11) is 0. The second-order valence-corrected chi connectivity index (χ2v) is 2.16. The third-order valence-electron chi connectivity index (χ3n) is 0.484. The molecule has 0 aromatic heterocycles. The molecule has 0 spiro atoms. The highest BCUT2D eigenvalue weighted by atomic mass is 32.2. The first-order valence-electron chi connectivity index (χ1n) is 1.92. The average molecular weight is 143 g/mol. The molecule has 0 radical (unpaired) electrons. The molecule has 0 bridgehead atoms. The van der Waals surface area contributed by atoms with E-state index in [1.807, 2.05) is 0 Å². The van der Waals surface area contributed by atoms with Crippen LogP contribution in [-0.4, -0.2) is 27.4 Å². The summed E-state index contributed by atoms with van der Waals surface area (Å²) < 4.78 is 41.8. The molecule has 0 N–H and O–H groups in total. The zero-order valence-electron chi connectivity index (χ0n) is 3.97. The summed E-state index contributed by atoms with van der Waals surface area (Å²) >= 11 is -2.46. The molecule has 0 heterocycles. The number of hydrogen-bond donors (Lipinski definition) is 0. The number of rotatable bonds is 3. The van der Waals surface area contributed by atoms with Gasteiger partial charge in [0.15, 0.2) is 0 Å². The predicted molar refractivity (Wildman–Crippen MR) is 24.7 cm³/mol. The molecular weight excluding hydrogens is 138 g/mol. The van der Waals surface area contributed by atoms with E-state index in [1.54, 1.807) is 0 Å². The van der Waals surface area contributed by atoms with Gasteiger partial charge in [-0.15, -0.1) is 0 Å². The quantitative estimate of drug-likeness (QED) is 0.528. The fraction of sp³-hybridized carbons (Fsp3) is 1.00. The van der Waals surface area contributed by atoms with E-state index in [0.29, 0.717) is 0 Å². The van der Waals surface area contributed by atoms with Crippen LogP contribution < -0.4 is 0 Å². The molecular formula is C3H5F2O2S-. The lowest BCUT2D eigenvalue weighted by atomic mass is 10.5. The van der Waals surface area contributed by atoms with Gasteiger partial charge in [-0.3, -0.25) is 4.21 Å². The van der Waals surface area contributed by atoms with E-state index in [1.165, 1.54) is 0 Å². The Bertz CT molecular complexity index is 87.4. The molecule has 50 valence electrons. The Morgan fingerprint density at radius 1 is 1.75 bits per heavy atom. The van der Waals surface area contributed by atoms with Gasteiger partial charge in [0.1, 0.15) is 12.8 Å². The van der Waals surface area contributed by atoms with Crippen LogP contribution in [0.15, 0.2) is 0 Å². The number of halogens is 2. The van der Waals surface area contributed by atoms with Crippen molar-refractivity contribution in [3.05, 3.63) is 0 Å². The monoisotopic (exact) mass is 143 g/mol. The van der Waals surface area contributed by atoms with Gasteiger partial charge in [-0.25, -0.2) is 8.78 Å². The molecule has 5 heteroatoms. The van der Waals surface area contributed by atoms with Crippen molar-refractivity contribution in [2.75, 3.05) is 12.4 Å². The lowest BCUT2D eigenvalue weighted by Crippen LogP contribution is -2.12. The summed E-state index contributed by atoms with van der Waals surface area (Å²) in [5.41, 5.74) is 0. The van der Waals surface area contributed by atoms with Crippen LogP contribution in [0.3, 0.4) is 0 Å². The van der Waals surface area contributed by atoms with Crippen LogP contribution in [0, 0.1) is 0 Å². The topological polar surface area (TPSA) is 40.1 Å². The van der Waals surface area contributed by atoms with Gasteiger partial charge >= 0.3 is 0 Å². The molecule has 2 nitrogen and oxygen atoms in total. The van der Waals surface area contributed by atoms with Crippen LogP contribution in [0.1, 0.15) is 0 Å². The maximum Gasteiger partial charge on any atom is 0.139 e. The van der Waals surface area contributed by atoms with Crippen LogP contribution in [-0.2, 0) is 11.1 Å². The summed E-state index contributed by atoms with van der Waals surface area (Å²) in [6.45, 7) is -1.23. The molecule has 0 aliphatic rings. The molecule has 2 atom stereocenters. The van der Waals surface area contributed by atoms with Gasteiger partial charge < -0.3 is 4.55 Å². The zero-order chi connectivity index (χ0) is 6.57. The van der Waals surface area contributed by atoms with Gasteiger partial charge in [0.05, 0.1) is 0 Å². The lowest BCUT2D eigenvalue weighted by Gasteiger charge is -2.04. The molecule has 0 amide bonds. The van der Waals surface area contributed by atoms with Gasteiger partial charge in [-0.1, -0.05) is 11.1 Å². The highest BCUT2D eigenvalue weighted by molar-refractivity contribution is 7.79. The first-order chi connectivity index (χ1) is 3.66. The van der Waals surface area contributed by atoms with E-state index in [0.717, 1.165) is 0 Å². The van der Waals surface area contributed by atoms with Gasteiger partial charge in [0.25, 0.3) is 0 Å². The maximum atomic E-state index is 11.6. The van der Waals surface area contributed by atoms with Gasteiger partial charge in [0, 0.05) is 5.75 Å². The minimum Gasteiger partial charge on any atom is -0.772 e. The predicted octanol–water partition coefficient (Wildman–Crippen LogP) is 0.173. The summed E-state index contributed by atoms with van der Waals surface area (Å²) in [6.07, 6.45) is -1.85. The largest absolute Gasteiger partial charge is 0.772 e. The molecule has 0 aliphatic carbocycles. The summed E-state index contributed by atoms with van der Waals surface area (Å²) in [5.74, 6) is -0.740. The first kappa shape index (κ1) is 7.97. The number of hydrogen-bond acceptors (Lipinski definition) is 2. The Balaban J connectivity index is 3.24. The van der Waals surface area contributed by atoms with E-state index in [9.17, 15) is 17.5 Å². The lowest BCUT2D eigenvalue weighted by molar-refractivity contribution is 0.282. The standard InChI is InChI=1S/C3H6F2O2S/c4-1-3(5)2-8(6)7/h3H,1-2H2,(H,6,7)/p-1. The van der Waals surface area contributed by atoms with Gasteiger partial charge in [-0.05, 0) is 0 Å². The third kappa shape index (κ3) is 4.14. The van der Waals surface area contributed by atoms with Crippen LogP contribution in [0.25, 0.3) is 0 Å². The maximum absolute atomic E-state index is 11.6. The minimum absolute atomic E-state index is 0.740. The smallest absolute Gasteiger partial charge is 0.139 e. The van der Waals surface area contributed by atoms with Crippen molar-refractivity contribution < 1.29 is 17.5 Å². The minimum atomic E-state index is -2.46. The SMILES string of the molecule is O=S([O-])CC(F)CF. The summed E-state index contributed by atoms with van der Waals surface area (Å²) in [5, 5.41) is 0. The van der Waals surface area contributed by atoms with E-state index in [2.05, 4.69) is 0 Å². The highest BCUT2D eigenvalue weighted by Crippen LogP contribution is 1.92. The second kappa shape index (κ2) is 3.91. The Labute approximate surface area is 48.2 Å². The Kier molecular flexibility index (Phi) is 3.90. The van der Waals surface area contributed by atoms with Crippen molar-refractivity contribution in [2.45, 2.75) is 6.17 Å². The fourth-order valence-electron chi connectivity index (χ4n) is 0.192. The van der Waals surface area contributed by atoms with E-state index >= 15 is 0 Å². The molecule has 0 aromatic carbocycles. The van der Waals surface area contributed by atoms with E-state index < -0.39 is 29.7 Å². The average Bonchev–Trinajstić information content (AvgIpc) is 1.65. The molecule has 2 unspecified atom stereocenters. The van der Waals surface area contributed by atoms with Crippen molar-refractivity contribution in [2.24, 2.45) is 0 Å². The Hall–Kier alpha value is -0.0300. The van der Waals surface area contributed by atoms with Crippen LogP contribution in [0.2, 0.25) is 0 Å². The van der Waals surface area contributed by atoms with Crippen molar-refractivity contribution in [1.82, 2.24) is 0 Å². The van der Waals surface area contributed by atoms with Crippen LogP contribution in [0.4, 0.5) is 8.78 Å². The van der Waals surface area contributed by atoms with Crippen LogP contribution in [0.5, 0.6) is 0 Å². The molecule has 0 aromatic rings. The molecule has 0 saturated carbocycles. The van der Waals surface area contributed by atoms with Crippen molar-refractivity contribution in [3.8, 4) is 0 Å². The van der Waals surface area contributed by atoms with Crippen molar-refractivity contribution in [1.29, 1.82) is 0 Å². The molecule has 0 fully saturated rings. The van der Waals surface area contributed by atoms with Crippen molar-refractivity contribution in [3.63, 3.8) is 0 Å². The summed E-state index contributed by atoms with van der Waals surface area (Å²) in [4.78, 5) is 0. The Morgan fingerprint density at radius 2 is 2.25 bits per heavy atom. The van der Waals surface area contributed by atoms with E-state index in [4.69, 9.17) is 0 Å². The normalized spacial score (nSPS) is 17.9. The molecule has 0 aliphatic heterocycles. The second-order valence-electron chi connectivity index (χ2n) is 1.22. The van der Waals surface area contributed by atoms with Crippen LogP contribution >= 0.6 is 0 Å². The first-order valence-corrected chi connectivity index (χ1v) is 3.17. The zero-order valence-corrected chi connectivity index (χ0v) is 4.79. The molecule has 0 saturated heterocycles. The van der Waals surface area contributed by atoms with Crippen molar-refractivity contribution >= 4 is 11.1 Å².